The van der Waals surface area contributed by atoms with Crippen LogP contribution in [0.1, 0.15) is 31.5 Å². The van der Waals surface area contributed by atoms with Crippen molar-refractivity contribution in [2.75, 3.05) is 11.9 Å². The number of aryl methyl sites for hydroxylation is 2. The van der Waals surface area contributed by atoms with E-state index in [0.717, 1.165) is 17.7 Å². The molecule has 106 valence electrons. The van der Waals surface area contributed by atoms with Gasteiger partial charge in [0, 0.05) is 5.69 Å². The number of pyridine rings is 1. The standard InChI is InChI=1S/C14H23N3O2/c1-9(2)5-12(8-18)16-14(19)17-13-7-10(3)6-11(4)15-13/h6-7,9,12,18H,5,8H2,1-4H3,(H2,15,16,17,19)/t12-/m1/s1. The van der Waals surface area contributed by atoms with Gasteiger partial charge in [0.2, 0.25) is 0 Å². The third-order valence-electron chi connectivity index (χ3n) is 2.65. The Bertz CT molecular complexity index is 412. The van der Waals surface area contributed by atoms with E-state index in [0.29, 0.717) is 11.7 Å². The van der Waals surface area contributed by atoms with Crippen molar-refractivity contribution in [3.05, 3.63) is 23.4 Å². The van der Waals surface area contributed by atoms with E-state index in [1.807, 2.05) is 39.8 Å². The third kappa shape index (κ3) is 5.70. The molecule has 3 N–H and O–H groups in total. The monoisotopic (exact) mass is 265 g/mol. The Morgan fingerprint density at radius 3 is 2.58 bits per heavy atom. The van der Waals surface area contributed by atoms with Crippen molar-refractivity contribution in [3.8, 4) is 0 Å². The summed E-state index contributed by atoms with van der Waals surface area (Å²) < 4.78 is 0. The third-order valence-corrected chi connectivity index (χ3v) is 2.65. The molecular weight excluding hydrogens is 242 g/mol. The first-order valence-corrected chi connectivity index (χ1v) is 6.54. The van der Waals surface area contributed by atoms with E-state index in [4.69, 9.17) is 0 Å². The van der Waals surface area contributed by atoms with Gasteiger partial charge in [0.15, 0.2) is 0 Å². The lowest BCUT2D eigenvalue weighted by Gasteiger charge is -2.18. The molecule has 0 spiro atoms. The van der Waals surface area contributed by atoms with Crippen LogP contribution in [0.25, 0.3) is 0 Å². The maximum Gasteiger partial charge on any atom is 0.320 e. The first kappa shape index (κ1) is 15.4. The summed E-state index contributed by atoms with van der Waals surface area (Å²) in [7, 11) is 0. The van der Waals surface area contributed by atoms with Gasteiger partial charge in [0.1, 0.15) is 5.82 Å². The van der Waals surface area contributed by atoms with Crippen LogP contribution in [0.5, 0.6) is 0 Å². The van der Waals surface area contributed by atoms with Crippen LogP contribution in [0, 0.1) is 19.8 Å². The Morgan fingerprint density at radius 1 is 1.37 bits per heavy atom. The second kappa shape index (κ2) is 7.09. The second-order valence-corrected chi connectivity index (χ2v) is 5.28. The lowest BCUT2D eigenvalue weighted by molar-refractivity contribution is 0.214. The molecule has 0 aromatic carbocycles. The van der Waals surface area contributed by atoms with Gasteiger partial charge in [-0.1, -0.05) is 13.8 Å². The highest BCUT2D eigenvalue weighted by Crippen LogP contribution is 2.09. The van der Waals surface area contributed by atoms with Gasteiger partial charge >= 0.3 is 6.03 Å². The van der Waals surface area contributed by atoms with E-state index in [1.54, 1.807) is 0 Å². The summed E-state index contributed by atoms with van der Waals surface area (Å²) in [6, 6.07) is 3.18. The summed E-state index contributed by atoms with van der Waals surface area (Å²) in [6.07, 6.45) is 0.740. The highest BCUT2D eigenvalue weighted by Gasteiger charge is 2.13. The van der Waals surface area contributed by atoms with Crippen LogP contribution in [-0.4, -0.2) is 28.8 Å². The minimum atomic E-state index is -0.336. The molecule has 1 heterocycles. The number of anilines is 1. The average molecular weight is 265 g/mol. The molecule has 0 saturated carbocycles. The number of rotatable bonds is 5. The maximum absolute atomic E-state index is 11.8. The minimum absolute atomic E-state index is 0.0636. The fraction of sp³-hybridized carbons (Fsp3) is 0.571. The summed E-state index contributed by atoms with van der Waals surface area (Å²) in [4.78, 5) is 16.0. The van der Waals surface area contributed by atoms with Crippen LogP contribution < -0.4 is 10.6 Å². The molecule has 0 fully saturated rings. The van der Waals surface area contributed by atoms with Gasteiger partial charge < -0.3 is 10.4 Å². The summed E-state index contributed by atoms with van der Waals surface area (Å²) in [6.45, 7) is 7.87. The Kier molecular flexibility index (Phi) is 5.76. The number of aliphatic hydroxyl groups excluding tert-OH is 1. The SMILES string of the molecule is Cc1cc(C)nc(NC(=O)N[C@@H](CO)CC(C)C)c1. The molecule has 1 rings (SSSR count). The van der Waals surface area contributed by atoms with Crippen LogP contribution in [0.3, 0.4) is 0 Å². The molecule has 19 heavy (non-hydrogen) atoms. The van der Waals surface area contributed by atoms with Crippen LogP contribution >= 0.6 is 0 Å². The quantitative estimate of drug-likeness (QED) is 0.764. The lowest BCUT2D eigenvalue weighted by Crippen LogP contribution is -2.41. The van der Waals surface area contributed by atoms with Gasteiger partial charge in [-0.2, -0.15) is 0 Å². The van der Waals surface area contributed by atoms with Crippen LogP contribution in [-0.2, 0) is 0 Å². The Morgan fingerprint density at radius 2 is 2.05 bits per heavy atom. The zero-order chi connectivity index (χ0) is 14.4. The summed E-state index contributed by atoms with van der Waals surface area (Å²) in [5, 5.41) is 14.7. The van der Waals surface area contributed by atoms with Gasteiger partial charge in [-0.3, -0.25) is 5.32 Å². The highest BCUT2D eigenvalue weighted by molar-refractivity contribution is 5.88. The number of carbonyl (C=O) groups excluding carboxylic acids is 1. The molecule has 0 aliphatic heterocycles. The van der Waals surface area contributed by atoms with E-state index in [2.05, 4.69) is 15.6 Å². The molecule has 1 aromatic heterocycles. The van der Waals surface area contributed by atoms with E-state index in [9.17, 15) is 9.90 Å². The van der Waals surface area contributed by atoms with E-state index in [-0.39, 0.29) is 18.7 Å². The minimum Gasteiger partial charge on any atom is -0.394 e. The number of hydrogen-bond acceptors (Lipinski definition) is 3. The van der Waals surface area contributed by atoms with Crippen LogP contribution in [0.15, 0.2) is 12.1 Å². The van der Waals surface area contributed by atoms with Gasteiger partial charge in [-0.25, -0.2) is 9.78 Å². The van der Waals surface area contributed by atoms with E-state index < -0.39 is 0 Å². The number of amides is 2. The number of carbonyl (C=O) groups is 1. The van der Waals surface area contributed by atoms with Crippen molar-refractivity contribution in [2.45, 2.75) is 40.2 Å². The molecule has 0 saturated heterocycles. The largest absolute Gasteiger partial charge is 0.394 e. The average Bonchev–Trinajstić information content (AvgIpc) is 2.25. The normalized spacial score (nSPS) is 12.3. The van der Waals surface area contributed by atoms with Crippen molar-refractivity contribution in [1.82, 2.24) is 10.3 Å². The second-order valence-electron chi connectivity index (χ2n) is 5.28. The summed E-state index contributed by atoms with van der Waals surface area (Å²) in [5.74, 6) is 0.938. The molecule has 5 nitrogen and oxygen atoms in total. The van der Waals surface area contributed by atoms with E-state index in [1.165, 1.54) is 0 Å². The fourth-order valence-electron chi connectivity index (χ4n) is 1.99. The van der Waals surface area contributed by atoms with Crippen molar-refractivity contribution < 1.29 is 9.90 Å². The van der Waals surface area contributed by atoms with Crippen LogP contribution in [0.4, 0.5) is 10.6 Å². The molecule has 5 heteroatoms. The number of aromatic nitrogens is 1. The van der Waals surface area contributed by atoms with Crippen LogP contribution in [0.2, 0.25) is 0 Å². The van der Waals surface area contributed by atoms with Crippen molar-refractivity contribution in [2.24, 2.45) is 5.92 Å². The number of nitrogens with one attached hydrogen (secondary N) is 2. The number of aliphatic hydroxyl groups is 1. The molecule has 0 radical (unpaired) electrons. The molecule has 0 unspecified atom stereocenters. The first-order chi connectivity index (χ1) is 8.90. The van der Waals surface area contributed by atoms with Crippen molar-refractivity contribution in [3.63, 3.8) is 0 Å². The first-order valence-electron chi connectivity index (χ1n) is 6.54. The van der Waals surface area contributed by atoms with Gasteiger partial charge in [0.25, 0.3) is 0 Å². The Balaban J connectivity index is 2.58. The predicted octanol–water partition coefficient (Wildman–Crippen LogP) is 2.23. The Hall–Kier alpha value is -1.62. The highest BCUT2D eigenvalue weighted by atomic mass is 16.3. The summed E-state index contributed by atoms with van der Waals surface area (Å²) in [5.41, 5.74) is 1.90. The van der Waals surface area contributed by atoms with Gasteiger partial charge in [-0.05, 0) is 43.9 Å². The van der Waals surface area contributed by atoms with E-state index >= 15 is 0 Å². The van der Waals surface area contributed by atoms with Gasteiger partial charge in [-0.15, -0.1) is 0 Å². The molecular formula is C14H23N3O2. The molecule has 0 aliphatic rings. The number of nitrogens with zero attached hydrogens (tertiary/aromatic N) is 1. The zero-order valence-electron chi connectivity index (χ0n) is 12.0. The fourth-order valence-corrected chi connectivity index (χ4v) is 1.99. The Labute approximate surface area is 114 Å². The molecule has 1 atom stereocenters. The smallest absolute Gasteiger partial charge is 0.320 e. The maximum atomic E-state index is 11.8. The molecule has 0 bridgehead atoms. The zero-order valence-corrected chi connectivity index (χ0v) is 12.0. The predicted molar refractivity (Wildman–Crippen MR) is 76.2 cm³/mol. The number of hydrogen-bond donors (Lipinski definition) is 3. The van der Waals surface area contributed by atoms with Crippen molar-refractivity contribution in [1.29, 1.82) is 0 Å². The topological polar surface area (TPSA) is 74.2 Å². The van der Waals surface area contributed by atoms with Crippen molar-refractivity contribution >= 4 is 11.8 Å². The lowest BCUT2D eigenvalue weighted by atomic mass is 10.0. The van der Waals surface area contributed by atoms with Gasteiger partial charge in [0.05, 0.1) is 12.6 Å². The molecule has 0 aliphatic carbocycles. The molecule has 1 aromatic rings. The molecule has 2 amide bonds. The number of urea groups is 1. The summed E-state index contributed by atoms with van der Waals surface area (Å²) >= 11 is 0.